The summed E-state index contributed by atoms with van der Waals surface area (Å²) in [6, 6.07) is 6.96. The maximum atomic E-state index is 13.6. The summed E-state index contributed by atoms with van der Waals surface area (Å²) in [5.41, 5.74) is 0.744. The van der Waals surface area contributed by atoms with Crippen LogP contribution < -0.4 is 5.32 Å². The Hall–Kier alpha value is -0.460. The minimum Gasteiger partial charge on any atom is -0.337 e. The minimum absolute atomic E-state index is 0.187. The lowest BCUT2D eigenvalue weighted by Gasteiger charge is -2.09. The quantitative estimate of drug-likeness (QED) is 0.712. The zero-order valence-corrected chi connectivity index (χ0v) is 13.1. The monoisotopic (exact) mass is 422 g/mol. The lowest BCUT2D eigenvalue weighted by Crippen LogP contribution is -1.97. The van der Waals surface area contributed by atoms with Crippen molar-refractivity contribution in [3.8, 4) is 0 Å². The summed E-state index contributed by atoms with van der Waals surface area (Å²) in [6.07, 6.45) is 1.54. The third kappa shape index (κ3) is 3.26. The van der Waals surface area contributed by atoms with E-state index < -0.39 is 5.82 Å². The second kappa shape index (κ2) is 5.46. The number of hydrogen-bond donors (Lipinski definition) is 1. The Bertz CT molecular complexity index is 560. The van der Waals surface area contributed by atoms with Crippen molar-refractivity contribution in [2.75, 3.05) is 5.32 Å². The number of aromatic nitrogens is 1. The average Bonchev–Trinajstić information content (AvgIpc) is 2.27. The average molecular weight is 425 g/mol. The van der Waals surface area contributed by atoms with E-state index in [0.29, 0.717) is 4.47 Å². The Labute approximate surface area is 123 Å². The van der Waals surface area contributed by atoms with Gasteiger partial charge in [-0.1, -0.05) is 15.9 Å². The van der Waals surface area contributed by atoms with Gasteiger partial charge in [0.15, 0.2) is 11.6 Å². The van der Waals surface area contributed by atoms with E-state index in [9.17, 15) is 4.39 Å². The summed E-state index contributed by atoms with van der Waals surface area (Å²) in [4.78, 5) is 3.97. The van der Waals surface area contributed by atoms with Crippen molar-refractivity contribution in [2.45, 2.75) is 0 Å². The lowest BCUT2D eigenvalue weighted by molar-refractivity contribution is 0.625. The Morgan fingerprint density at radius 2 is 1.82 bits per heavy atom. The molecule has 0 aliphatic carbocycles. The summed E-state index contributed by atoms with van der Waals surface area (Å²) in [5, 5.41) is 2.92. The zero-order valence-electron chi connectivity index (χ0n) is 8.35. The van der Waals surface area contributed by atoms with E-state index in [2.05, 4.69) is 58.1 Å². The summed E-state index contributed by atoms with van der Waals surface area (Å²) in [5.74, 6) is -0.224. The molecule has 0 bridgehead atoms. The van der Waals surface area contributed by atoms with Gasteiger partial charge in [0.1, 0.15) is 0 Å². The highest BCUT2D eigenvalue weighted by molar-refractivity contribution is 9.11. The van der Waals surface area contributed by atoms with Crippen LogP contribution in [0.1, 0.15) is 0 Å². The molecule has 88 valence electrons. The van der Waals surface area contributed by atoms with Crippen LogP contribution in [-0.2, 0) is 0 Å². The smallest absolute Gasteiger partial charge is 0.166 e. The topological polar surface area (TPSA) is 24.9 Å². The maximum absolute atomic E-state index is 13.6. The van der Waals surface area contributed by atoms with Crippen LogP contribution in [0.5, 0.6) is 0 Å². The van der Waals surface area contributed by atoms with Crippen molar-refractivity contribution in [3.63, 3.8) is 0 Å². The first-order valence-corrected chi connectivity index (χ1v) is 6.97. The molecule has 0 spiro atoms. The van der Waals surface area contributed by atoms with Crippen LogP contribution in [-0.4, -0.2) is 4.98 Å². The fraction of sp³-hybridized carbons (Fsp3) is 0. The highest BCUT2D eigenvalue weighted by Gasteiger charge is 2.07. The minimum atomic E-state index is -0.411. The SMILES string of the molecule is Fc1cc(Br)cnc1Nc1cc(Br)ccc1Br. The largest absolute Gasteiger partial charge is 0.337 e. The molecule has 0 saturated heterocycles. The van der Waals surface area contributed by atoms with Crippen LogP contribution in [0.25, 0.3) is 0 Å². The third-order valence-corrected chi connectivity index (χ3v) is 3.61. The second-order valence-corrected chi connectivity index (χ2v) is 5.92. The van der Waals surface area contributed by atoms with E-state index in [-0.39, 0.29) is 5.82 Å². The normalized spacial score (nSPS) is 10.4. The van der Waals surface area contributed by atoms with Gasteiger partial charge in [0.25, 0.3) is 0 Å². The molecule has 1 aromatic carbocycles. The molecular formula is C11H6Br3FN2. The Balaban J connectivity index is 2.34. The Kier molecular flexibility index (Phi) is 4.17. The molecule has 1 heterocycles. The number of benzene rings is 1. The van der Waals surface area contributed by atoms with Gasteiger partial charge in [0, 0.05) is 19.6 Å². The molecular weight excluding hydrogens is 419 g/mol. The van der Waals surface area contributed by atoms with E-state index >= 15 is 0 Å². The molecule has 0 aliphatic heterocycles. The van der Waals surface area contributed by atoms with Gasteiger partial charge >= 0.3 is 0 Å². The van der Waals surface area contributed by atoms with Crippen LogP contribution in [0.2, 0.25) is 0 Å². The van der Waals surface area contributed by atoms with Gasteiger partial charge in [0.05, 0.1) is 5.69 Å². The molecule has 6 heteroatoms. The number of pyridine rings is 1. The highest BCUT2D eigenvalue weighted by Crippen LogP contribution is 2.29. The zero-order chi connectivity index (χ0) is 12.4. The lowest BCUT2D eigenvalue weighted by atomic mass is 10.3. The number of nitrogens with zero attached hydrogens (tertiary/aromatic N) is 1. The molecule has 0 atom stereocenters. The Morgan fingerprint density at radius 3 is 2.53 bits per heavy atom. The first-order valence-electron chi connectivity index (χ1n) is 4.59. The Morgan fingerprint density at radius 1 is 1.06 bits per heavy atom. The van der Waals surface area contributed by atoms with Gasteiger partial charge in [-0.05, 0) is 56.1 Å². The van der Waals surface area contributed by atoms with Gasteiger partial charge in [-0.15, -0.1) is 0 Å². The van der Waals surface area contributed by atoms with Crippen molar-refractivity contribution in [1.82, 2.24) is 4.98 Å². The standard InChI is InChI=1S/C11H6Br3FN2/c12-6-1-2-8(14)10(4-6)17-11-9(15)3-7(13)5-16-11/h1-5H,(H,16,17). The van der Waals surface area contributed by atoms with Gasteiger partial charge in [0.2, 0.25) is 0 Å². The van der Waals surface area contributed by atoms with Crippen molar-refractivity contribution in [1.29, 1.82) is 0 Å². The molecule has 0 fully saturated rings. The van der Waals surface area contributed by atoms with Gasteiger partial charge in [-0.25, -0.2) is 9.37 Å². The molecule has 2 rings (SSSR count). The van der Waals surface area contributed by atoms with Crippen molar-refractivity contribution < 1.29 is 4.39 Å². The van der Waals surface area contributed by atoms with Gasteiger partial charge in [-0.3, -0.25) is 0 Å². The van der Waals surface area contributed by atoms with Gasteiger partial charge in [-0.2, -0.15) is 0 Å². The number of nitrogens with one attached hydrogen (secondary N) is 1. The molecule has 17 heavy (non-hydrogen) atoms. The number of rotatable bonds is 2. The first kappa shape index (κ1) is 13.0. The van der Waals surface area contributed by atoms with Crippen LogP contribution >= 0.6 is 47.8 Å². The third-order valence-electron chi connectivity index (χ3n) is 1.99. The summed E-state index contributed by atoms with van der Waals surface area (Å²) in [7, 11) is 0. The van der Waals surface area contributed by atoms with E-state index in [0.717, 1.165) is 14.6 Å². The molecule has 0 unspecified atom stereocenters. The summed E-state index contributed by atoms with van der Waals surface area (Å²) >= 11 is 9.90. The molecule has 2 nitrogen and oxygen atoms in total. The van der Waals surface area contributed by atoms with Crippen LogP contribution in [0, 0.1) is 5.82 Å². The summed E-state index contributed by atoms with van der Waals surface area (Å²) < 4.78 is 15.9. The molecule has 0 radical (unpaired) electrons. The predicted octanol–water partition coefficient (Wildman–Crippen LogP) is 5.25. The molecule has 0 saturated carbocycles. The highest BCUT2D eigenvalue weighted by atomic mass is 79.9. The first-order chi connectivity index (χ1) is 8.06. The summed E-state index contributed by atoms with van der Waals surface area (Å²) in [6.45, 7) is 0. The van der Waals surface area contributed by atoms with E-state index in [4.69, 9.17) is 0 Å². The van der Waals surface area contributed by atoms with E-state index in [1.54, 1.807) is 0 Å². The van der Waals surface area contributed by atoms with Gasteiger partial charge < -0.3 is 5.32 Å². The maximum Gasteiger partial charge on any atom is 0.166 e. The molecule has 1 aromatic heterocycles. The van der Waals surface area contributed by atoms with Crippen LogP contribution in [0.15, 0.2) is 43.9 Å². The fourth-order valence-electron chi connectivity index (χ4n) is 1.23. The van der Waals surface area contributed by atoms with Crippen molar-refractivity contribution in [2.24, 2.45) is 0 Å². The molecule has 0 aliphatic rings. The van der Waals surface area contributed by atoms with E-state index in [1.165, 1.54) is 12.3 Å². The van der Waals surface area contributed by atoms with Crippen molar-refractivity contribution >= 4 is 59.3 Å². The van der Waals surface area contributed by atoms with Crippen LogP contribution in [0.4, 0.5) is 15.9 Å². The van der Waals surface area contributed by atoms with Crippen LogP contribution in [0.3, 0.4) is 0 Å². The fourth-order valence-corrected chi connectivity index (χ4v) is 2.24. The molecule has 2 aromatic rings. The number of halogens is 4. The number of hydrogen-bond acceptors (Lipinski definition) is 2. The van der Waals surface area contributed by atoms with Crippen molar-refractivity contribution in [3.05, 3.63) is 49.7 Å². The molecule has 1 N–H and O–H groups in total. The molecule has 0 amide bonds. The number of anilines is 2. The predicted molar refractivity (Wildman–Crippen MR) is 77.0 cm³/mol. The van der Waals surface area contributed by atoms with E-state index in [1.807, 2.05) is 18.2 Å². The second-order valence-electron chi connectivity index (χ2n) is 3.23.